The van der Waals surface area contributed by atoms with E-state index in [0.717, 1.165) is 32.1 Å². The van der Waals surface area contributed by atoms with Gasteiger partial charge in [-0.2, -0.15) is 0 Å². The van der Waals surface area contributed by atoms with Crippen molar-refractivity contribution >= 4 is 6.29 Å². The number of carbonyl (C=O) groups is 1. The van der Waals surface area contributed by atoms with Crippen LogP contribution in [0.4, 0.5) is 0 Å². The standard InChI is InChI=1S/C20H21NO2/c22-13-18-17-4-2-1-3-15(17)11-20(18)9-7-14(8-10-20)16-5-6-19(23)21-12-16/h1-6,12-14,18H,7-11H2,(H,21,23)/t14-,18?,20+. The molecule has 1 spiro atoms. The summed E-state index contributed by atoms with van der Waals surface area (Å²) in [6.07, 6.45) is 8.34. The maximum atomic E-state index is 11.8. The lowest BCUT2D eigenvalue weighted by molar-refractivity contribution is -0.112. The van der Waals surface area contributed by atoms with Gasteiger partial charge in [-0.15, -0.1) is 0 Å². The quantitative estimate of drug-likeness (QED) is 0.854. The minimum atomic E-state index is 0.0533. The molecule has 1 saturated carbocycles. The van der Waals surface area contributed by atoms with Crippen LogP contribution in [0.25, 0.3) is 0 Å². The number of rotatable bonds is 2. The van der Waals surface area contributed by atoms with Crippen LogP contribution in [-0.2, 0) is 11.2 Å². The number of hydrogen-bond donors (Lipinski definition) is 1. The van der Waals surface area contributed by atoms with Gasteiger partial charge in [-0.3, -0.25) is 0 Å². The molecule has 1 aromatic carbocycles. The van der Waals surface area contributed by atoms with Crippen LogP contribution in [0.5, 0.6) is 5.88 Å². The molecular formula is C20H21NO2. The van der Waals surface area contributed by atoms with Gasteiger partial charge in [-0.25, -0.2) is 4.98 Å². The van der Waals surface area contributed by atoms with Gasteiger partial charge in [0.15, 0.2) is 0 Å². The molecule has 0 amide bonds. The smallest absolute Gasteiger partial charge is 0.210 e. The summed E-state index contributed by atoms with van der Waals surface area (Å²) in [6, 6.07) is 12.1. The van der Waals surface area contributed by atoms with Crippen LogP contribution in [-0.4, -0.2) is 16.4 Å². The second-order valence-electron chi connectivity index (χ2n) is 7.08. The highest BCUT2D eigenvalue weighted by Gasteiger charge is 2.47. The number of carbonyl (C=O) groups excluding carboxylic acids is 1. The van der Waals surface area contributed by atoms with Gasteiger partial charge in [0, 0.05) is 18.2 Å². The molecule has 118 valence electrons. The normalized spacial score (nSPS) is 29.4. The molecule has 2 aromatic rings. The number of fused-ring (bicyclic) bond motifs is 1. The van der Waals surface area contributed by atoms with E-state index in [9.17, 15) is 9.90 Å². The van der Waals surface area contributed by atoms with Crippen LogP contribution in [0.15, 0.2) is 42.6 Å². The zero-order chi connectivity index (χ0) is 15.9. The lowest BCUT2D eigenvalue weighted by atomic mass is 9.63. The van der Waals surface area contributed by atoms with E-state index in [-0.39, 0.29) is 17.2 Å². The van der Waals surface area contributed by atoms with E-state index in [4.69, 9.17) is 0 Å². The number of aromatic hydroxyl groups is 1. The lowest BCUT2D eigenvalue weighted by Gasteiger charge is -2.40. The van der Waals surface area contributed by atoms with Crippen LogP contribution < -0.4 is 0 Å². The fraction of sp³-hybridized carbons (Fsp3) is 0.400. The average Bonchev–Trinajstić information content (AvgIpc) is 2.89. The number of aldehydes is 1. The van der Waals surface area contributed by atoms with Crippen molar-refractivity contribution in [1.82, 2.24) is 4.98 Å². The molecule has 2 aliphatic rings. The van der Waals surface area contributed by atoms with Gasteiger partial charge in [0.2, 0.25) is 5.88 Å². The molecule has 23 heavy (non-hydrogen) atoms. The first-order valence-corrected chi connectivity index (χ1v) is 8.40. The molecule has 3 heteroatoms. The predicted molar refractivity (Wildman–Crippen MR) is 88.5 cm³/mol. The zero-order valence-corrected chi connectivity index (χ0v) is 13.1. The number of hydrogen-bond acceptors (Lipinski definition) is 3. The number of nitrogens with zero attached hydrogens (tertiary/aromatic N) is 1. The summed E-state index contributed by atoms with van der Waals surface area (Å²) < 4.78 is 0. The maximum Gasteiger partial charge on any atom is 0.210 e. The minimum Gasteiger partial charge on any atom is -0.493 e. The van der Waals surface area contributed by atoms with E-state index in [0.29, 0.717) is 5.92 Å². The summed E-state index contributed by atoms with van der Waals surface area (Å²) in [6.45, 7) is 0. The van der Waals surface area contributed by atoms with Gasteiger partial charge in [0.05, 0.1) is 0 Å². The summed E-state index contributed by atoms with van der Waals surface area (Å²) in [5, 5.41) is 9.34. The monoisotopic (exact) mass is 307 g/mol. The van der Waals surface area contributed by atoms with Crippen molar-refractivity contribution in [2.75, 3.05) is 0 Å². The third kappa shape index (κ3) is 2.35. The van der Waals surface area contributed by atoms with Gasteiger partial charge in [0.25, 0.3) is 0 Å². The maximum absolute atomic E-state index is 11.8. The van der Waals surface area contributed by atoms with Gasteiger partial charge in [0.1, 0.15) is 6.29 Å². The molecule has 0 aliphatic heterocycles. The SMILES string of the molecule is O=CC1c2ccccc2C[C@]12CC[C@H](c1ccc(O)nc1)CC2. The first kappa shape index (κ1) is 14.4. The van der Waals surface area contributed by atoms with Crippen molar-refractivity contribution in [3.05, 3.63) is 59.3 Å². The Morgan fingerprint density at radius 2 is 1.91 bits per heavy atom. The first-order valence-electron chi connectivity index (χ1n) is 8.40. The highest BCUT2D eigenvalue weighted by molar-refractivity contribution is 5.67. The molecule has 0 saturated heterocycles. The molecule has 1 heterocycles. The summed E-state index contributed by atoms with van der Waals surface area (Å²) >= 11 is 0. The van der Waals surface area contributed by atoms with Crippen LogP contribution in [0.1, 0.15) is 54.2 Å². The molecule has 1 unspecified atom stereocenters. The van der Waals surface area contributed by atoms with E-state index >= 15 is 0 Å². The van der Waals surface area contributed by atoms with E-state index < -0.39 is 0 Å². The van der Waals surface area contributed by atoms with E-state index in [2.05, 4.69) is 23.2 Å². The first-order chi connectivity index (χ1) is 11.2. The summed E-state index contributed by atoms with van der Waals surface area (Å²) in [5.41, 5.74) is 3.92. The molecule has 1 N–H and O–H groups in total. The van der Waals surface area contributed by atoms with Crippen molar-refractivity contribution < 1.29 is 9.90 Å². The number of aromatic nitrogens is 1. The molecule has 4 rings (SSSR count). The van der Waals surface area contributed by atoms with Gasteiger partial charge in [-0.05, 0) is 60.1 Å². The zero-order valence-electron chi connectivity index (χ0n) is 13.1. The highest BCUT2D eigenvalue weighted by Crippen LogP contribution is 2.56. The third-order valence-corrected chi connectivity index (χ3v) is 5.95. The van der Waals surface area contributed by atoms with Crippen molar-refractivity contribution in [1.29, 1.82) is 0 Å². The molecule has 0 radical (unpaired) electrons. The fourth-order valence-electron chi connectivity index (χ4n) is 4.69. The molecule has 3 nitrogen and oxygen atoms in total. The Hall–Kier alpha value is -2.16. The van der Waals surface area contributed by atoms with Crippen molar-refractivity contribution in [3.8, 4) is 5.88 Å². The Kier molecular flexibility index (Phi) is 3.44. The summed E-state index contributed by atoms with van der Waals surface area (Å²) in [7, 11) is 0. The molecule has 0 bridgehead atoms. The Labute approximate surface area is 136 Å². The topological polar surface area (TPSA) is 50.2 Å². The largest absolute Gasteiger partial charge is 0.493 e. The number of pyridine rings is 1. The van der Waals surface area contributed by atoms with E-state index in [1.807, 2.05) is 12.1 Å². The molecule has 1 aromatic heterocycles. The molecular weight excluding hydrogens is 286 g/mol. The van der Waals surface area contributed by atoms with Crippen molar-refractivity contribution in [2.45, 2.75) is 43.9 Å². The minimum absolute atomic E-state index is 0.0533. The Morgan fingerprint density at radius 3 is 2.61 bits per heavy atom. The van der Waals surface area contributed by atoms with Crippen molar-refractivity contribution in [2.24, 2.45) is 5.41 Å². The highest BCUT2D eigenvalue weighted by atomic mass is 16.3. The van der Waals surface area contributed by atoms with E-state index in [1.165, 1.54) is 23.0 Å². The average molecular weight is 307 g/mol. The van der Waals surface area contributed by atoms with Gasteiger partial charge < -0.3 is 9.90 Å². The predicted octanol–water partition coefficient (Wildman–Crippen LogP) is 3.97. The third-order valence-electron chi connectivity index (χ3n) is 5.95. The lowest BCUT2D eigenvalue weighted by Crippen LogP contribution is -2.31. The van der Waals surface area contributed by atoms with Crippen molar-refractivity contribution in [3.63, 3.8) is 0 Å². The second kappa shape index (κ2) is 5.48. The Morgan fingerprint density at radius 1 is 1.13 bits per heavy atom. The molecule has 1 atom stereocenters. The van der Waals surface area contributed by atoms with Crippen LogP contribution in [0, 0.1) is 5.41 Å². The summed E-state index contributed by atoms with van der Waals surface area (Å²) in [5.74, 6) is 0.621. The Balaban J connectivity index is 1.55. The van der Waals surface area contributed by atoms with Crippen LogP contribution >= 0.6 is 0 Å². The van der Waals surface area contributed by atoms with Crippen LogP contribution in [0.3, 0.4) is 0 Å². The van der Waals surface area contributed by atoms with Gasteiger partial charge >= 0.3 is 0 Å². The van der Waals surface area contributed by atoms with E-state index in [1.54, 1.807) is 12.3 Å². The second-order valence-corrected chi connectivity index (χ2v) is 7.08. The molecule has 2 aliphatic carbocycles. The Bertz CT molecular complexity index is 715. The fourth-order valence-corrected chi connectivity index (χ4v) is 4.69. The number of benzene rings is 1. The van der Waals surface area contributed by atoms with Gasteiger partial charge in [-0.1, -0.05) is 30.3 Å². The van der Waals surface area contributed by atoms with Crippen LogP contribution in [0.2, 0.25) is 0 Å². The molecule has 1 fully saturated rings. The summed E-state index contributed by atoms with van der Waals surface area (Å²) in [4.78, 5) is 15.8.